The van der Waals surface area contributed by atoms with Gasteiger partial charge in [-0.05, 0) is 36.4 Å². The topological polar surface area (TPSA) is 41.1 Å². The van der Waals surface area contributed by atoms with E-state index in [4.69, 9.17) is 23.2 Å². The Hall–Kier alpha value is -1.23. The Balaban J connectivity index is 2.30. The number of hydrogen-bond donors (Lipinski definition) is 2. The van der Waals surface area contributed by atoms with Crippen LogP contribution in [-0.2, 0) is 0 Å². The van der Waals surface area contributed by atoms with Crippen LogP contribution in [0.25, 0.3) is 0 Å². The van der Waals surface area contributed by atoms with Crippen molar-refractivity contribution in [3.8, 4) is 0 Å². The molecular formula is C14H11BrCl2N2O. The van der Waals surface area contributed by atoms with Gasteiger partial charge in [0.15, 0.2) is 0 Å². The molecule has 0 fully saturated rings. The van der Waals surface area contributed by atoms with Gasteiger partial charge in [-0.3, -0.25) is 4.79 Å². The summed E-state index contributed by atoms with van der Waals surface area (Å²) in [4.78, 5) is 12.3. The number of amides is 1. The lowest BCUT2D eigenvalue weighted by Gasteiger charge is -2.11. The largest absolute Gasteiger partial charge is 0.387 e. The maximum Gasteiger partial charge on any atom is 0.257 e. The predicted octanol–water partition coefficient (Wildman–Crippen LogP) is 5.05. The number of halogens is 3. The van der Waals surface area contributed by atoms with E-state index in [1.807, 2.05) is 0 Å². The van der Waals surface area contributed by atoms with Crippen molar-refractivity contribution in [1.82, 2.24) is 0 Å². The highest BCUT2D eigenvalue weighted by Gasteiger charge is 2.13. The van der Waals surface area contributed by atoms with Crippen molar-refractivity contribution in [2.75, 3.05) is 17.7 Å². The van der Waals surface area contributed by atoms with E-state index < -0.39 is 0 Å². The molecule has 6 heteroatoms. The highest BCUT2D eigenvalue weighted by molar-refractivity contribution is 9.10. The molecule has 0 saturated heterocycles. The first-order chi connectivity index (χ1) is 9.51. The fourth-order valence-corrected chi connectivity index (χ4v) is 2.60. The first kappa shape index (κ1) is 15.2. The SMILES string of the molecule is CNc1ccc(Cl)cc1C(=O)Nc1ccc(Br)cc1Cl. The zero-order chi connectivity index (χ0) is 14.7. The molecule has 0 heterocycles. The predicted molar refractivity (Wildman–Crippen MR) is 88.1 cm³/mol. The summed E-state index contributed by atoms with van der Waals surface area (Å²) in [6.07, 6.45) is 0. The standard InChI is InChI=1S/C14H11BrCl2N2O/c1-18-12-5-3-9(16)7-10(12)14(20)19-13-4-2-8(15)6-11(13)17/h2-7,18H,1H3,(H,19,20). The van der Waals surface area contributed by atoms with E-state index in [1.165, 1.54) is 0 Å². The molecule has 20 heavy (non-hydrogen) atoms. The van der Waals surface area contributed by atoms with Crippen LogP contribution >= 0.6 is 39.1 Å². The minimum atomic E-state index is -0.277. The highest BCUT2D eigenvalue weighted by atomic mass is 79.9. The van der Waals surface area contributed by atoms with Crippen LogP contribution < -0.4 is 10.6 Å². The average Bonchev–Trinajstić information content (AvgIpc) is 2.41. The molecule has 3 nitrogen and oxygen atoms in total. The summed E-state index contributed by atoms with van der Waals surface area (Å²) in [5.41, 5.74) is 1.70. The van der Waals surface area contributed by atoms with Crippen LogP contribution in [0.3, 0.4) is 0 Å². The number of benzene rings is 2. The molecule has 0 bridgehead atoms. The lowest BCUT2D eigenvalue weighted by molar-refractivity contribution is 0.102. The molecule has 0 spiro atoms. The third-order valence-electron chi connectivity index (χ3n) is 2.67. The lowest BCUT2D eigenvalue weighted by atomic mass is 10.1. The van der Waals surface area contributed by atoms with E-state index in [2.05, 4.69) is 26.6 Å². The minimum absolute atomic E-state index is 0.277. The number of carbonyl (C=O) groups is 1. The minimum Gasteiger partial charge on any atom is -0.387 e. The van der Waals surface area contributed by atoms with Crippen LogP contribution in [0, 0.1) is 0 Å². The van der Waals surface area contributed by atoms with Gasteiger partial charge in [-0.25, -0.2) is 0 Å². The van der Waals surface area contributed by atoms with Gasteiger partial charge in [0, 0.05) is 22.2 Å². The molecule has 0 unspecified atom stereocenters. The smallest absolute Gasteiger partial charge is 0.257 e. The first-order valence-electron chi connectivity index (χ1n) is 5.75. The van der Waals surface area contributed by atoms with Crippen LogP contribution in [0.5, 0.6) is 0 Å². The number of anilines is 2. The molecule has 0 aromatic heterocycles. The second-order valence-electron chi connectivity index (χ2n) is 4.02. The van der Waals surface area contributed by atoms with Crippen molar-refractivity contribution in [2.45, 2.75) is 0 Å². The molecule has 2 rings (SSSR count). The summed E-state index contributed by atoms with van der Waals surface area (Å²) in [5.74, 6) is -0.277. The summed E-state index contributed by atoms with van der Waals surface area (Å²) in [5, 5.41) is 6.67. The molecule has 0 atom stereocenters. The monoisotopic (exact) mass is 372 g/mol. The van der Waals surface area contributed by atoms with Crippen molar-refractivity contribution in [1.29, 1.82) is 0 Å². The maximum atomic E-state index is 12.3. The molecule has 0 aliphatic rings. The number of carbonyl (C=O) groups excluding carboxylic acids is 1. The number of nitrogens with one attached hydrogen (secondary N) is 2. The molecule has 0 aliphatic heterocycles. The molecule has 0 aliphatic carbocycles. The van der Waals surface area contributed by atoms with Crippen LogP contribution in [0.4, 0.5) is 11.4 Å². The van der Waals surface area contributed by atoms with Crippen molar-refractivity contribution in [3.63, 3.8) is 0 Å². The van der Waals surface area contributed by atoms with Gasteiger partial charge in [-0.2, -0.15) is 0 Å². The van der Waals surface area contributed by atoms with Gasteiger partial charge in [-0.15, -0.1) is 0 Å². The van der Waals surface area contributed by atoms with Gasteiger partial charge >= 0.3 is 0 Å². The summed E-state index contributed by atoms with van der Waals surface area (Å²) in [6, 6.07) is 10.3. The Morgan fingerprint density at radius 3 is 2.45 bits per heavy atom. The van der Waals surface area contributed by atoms with Crippen LogP contribution in [0.2, 0.25) is 10.0 Å². The van der Waals surface area contributed by atoms with Crippen LogP contribution in [-0.4, -0.2) is 13.0 Å². The van der Waals surface area contributed by atoms with E-state index in [0.29, 0.717) is 27.0 Å². The van der Waals surface area contributed by atoms with E-state index in [1.54, 1.807) is 43.4 Å². The quantitative estimate of drug-likeness (QED) is 0.790. The normalized spacial score (nSPS) is 10.2. The lowest BCUT2D eigenvalue weighted by Crippen LogP contribution is -2.14. The Bertz CT molecular complexity index is 662. The Morgan fingerprint density at radius 2 is 1.80 bits per heavy atom. The molecule has 0 radical (unpaired) electrons. The Labute approximate surface area is 135 Å². The van der Waals surface area contributed by atoms with Crippen molar-refractivity contribution in [2.24, 2.45) is 0 Å². The molecule has 0 saturated carbocycles. The Morgan fingerprint density at radius 1 is 1.10 bits per heavy atom. The molecular weight excluding hydrogens is 363 g/mol. The fraction of sp³-hybridized carbons (Fsp3) is 0.0714. The van der Waals surface area contributed by atoms with Gasteiger partial charge in [0.1, 0.15) is 0 Å². The summed E-state index contributed by atoms with van der Waals surface area (Å²) >= 11 is 15.3. The van der Waals surface area contributed by atoms with Crippen LogP contribution in [0.15, 0.2) is 40.9 Å². The van der Waals surface area contributed by atoms with E-state index in [0.717, 1.165) is 4.47 Å². The first-order valence-corrected chi connectivity index (χ1v) is 7.30. The number of hydrogen-bond acceptors (Lipinski definition) is 2. The molecule has 1 amide bonds. The van der Waals surface area contributed by atoms with Crippen molar-refractivity contribution < 1.29 is 4.79 Å². The number of rotatable bonds is 3. The highest BCUT2D eigenvalue weighted by Crippen LogP contribution is 2.27. The Kier molecular flexibility index (Phi) is 4.91. The molecule has 2 aromatic rings. The maximum absolute atomic E-state index is 12.3. The van der Waals surface area contributed by atoms with E-state index >= 15 is 0 Å². The van der Waals surface area contributed by atoms with Crippen LogP contribution in [0.1, 0.15) is 10.4 Å². The average molecular weight is 374 g/mol. The third-order valence-corrected chi connectivity index (χ3v) is 3.72. The fourth-order valence-electron chi connectivity index (χ4n) is 1.70. The van der Waals surface area contributed by atoms with Crippen molar-refractivity contribution in [3.05, 3.63) is 56.5 Å². The van der Waals surface area contributed by atoms with E-state index in [-0.39, 0.29) is 5.91 Å². The summed E-state index contributed by atoms with van der Waals surface area (Å²) in [6.45, 7) is 0. The van der Waals surface area contributed by atoms with Crippen molar-refractivity contribution >= 4 is 56.4 Å². The van der Waals surface area contributed by atoms with Gasteiger partial charge in [0.2, 0.25) is 0 Å². The molecule has 2 N–H and O–H groups in total. The van der Waals surface area contributed by atoms with E-state index in [9.17, 15) is 4.79 Å². The van der Waals surface area contributed by atoms with Gasteiger partial charge in [-0.1, -0.05) is 39.1 Å². The molecule has 104 valence electrons. The van der Waals surface area contributed by atoms with Gasteiger partial charge in [0.25, 0.3) is 5.91 Å². The summed E-state index contributed by atoms with van der Waals surface area (Å²) < 4.78 is 0.846. The zero-order valence-corrected chi connectivity index (χ0v) is 13.6. The van der Waals surface area contributed by atoms with Gasteiger partial charge in [0.05, 0.1) is 16.3 Å². The van der Waals surface area contributed by atoms with Gasteiger partial charge < -0.3 is 10.6 Å². The third kappa shape index (κ3) is 3.45. The molecule has 2 aromatic carbocycles. The summed E-state index contributed by atoms with van der Waals surface area (Å²) in [7, 11) is 1.74. The zero-order valence-electron chi connectivity index (χ0n) is 10.5. The second-order valence-corrected chi connectivity index (χ2v) is 5.78. The second kappa shape index (κ2) is 6.48.